The standard InChI is InChI=1S/C21H20N4O3/c26-21-24-20(28-12-17-2-1-7-27-17)9-19-18-4-3-14(16-10-22-13-23-11-16)8-15(18)5-6-25(19)21/h3-4,8-11,13,17H,1-2,5-7,12H2. The van der Waals surface area contributed by atoms with Gasteiger partial charge in [0, 0.05) is 42.7 Å². The molecule has 0 spiro atoms. The summed E-state index contributed by atoms with van der Waals surface area (Å²) in [4.78, 5) is 24.8. The van der Waals surface area contributed by atoms with E-state index in [1.54, 1.807) is 17.0 Å². The topological polar surface area (TPSA) is 79.1 Å². The Morgan fingerprint density at radius 1 is 1.18 bits per heavy atom. The number of hydrogen-bond donors (Lipinski definition) is 0. The maximum atomic E-state index is 12.5. The van der Waals surface area contributed by atoms with Gasteiger partial charge in [0.2, 0.25) is 5.88 Å². The SMILES string of the molecule is O=c1nc(OCC2CCCO2)cc2n1CCc1cc(-c3cncnc3)ccc1-2. The summed E-state index contributed by atoms with van der Waals surface area (Å²) in [7, 11) is 0. The quantitative estimate of drug-likeness (QED) is 0.696. The molecule has 0 aliphatic carbocycles. The van der Waals surface area contributed by atoms with Gasteiger partial charge in [0.1, 0.15) is 12.9 Å². The molecule has 7 heteroatoms. The third-order valence-corrected chi connectivity index (χ3v) is 5.31. The van der Waals surface area contributed by atoms with Gasteiger partial charge in [-0.1, -0.05) is 18.2 Å². The molecule has 0 saturated carbocycles. The summed E-state index contributed by atoms with van der Waals surface area (Å²) in [6.07, 6.45) is 8.03. The molecule has 2 aliphatic heterocycles. The lowest BCUT2D eigenvalue weighted by Gasteiger charge is -2.22. The van der Waals surface area contributed by atoms with Crippen molar-refractivity contribution in [3.63, 3.8) is 0 Å². The lowest BCUT2D eigenvalue weighted by molar-refractivity contribution is 0.0661. The van der Waals surface area contributed by atoms with E-state index in [1.807, 2.05) is 18.2 Å². The van der Waals surface area contributed by atoms with Crippen LogP contribution in [0.3, 0.4) is 0 Å². The van der Waals surface area contributed by atoms with Crippen molar-refractivity contribution in [2.45, 2.75) is 31.9 Å². The lowest BCUT2D eigenvalue weighted by atomic mass is 9.94. The number of aromatic nitrogens is 4. The number of fused-ring (bicyclic) bond motifs is 3. The summed E-state index contributed by atoms with van der Waals surface area (Å²) >= 11 is 0. The molecule has 3 aromatic rings. The molecule has 1 aromatic carbocycles. The van der Waals surface area contributed by atoms with Gasteiger partial charge >= 0.3 is 5.69 Å². The number of ether oxygens (including phenoxy) is 2. The highest BCUT2D eigenvalue weighted by Gasteiger charge is 2.21. The molecule has 0 amide bonds. The molecule has 0 radical (unpaired) electrons. The first-order valence-corrected chi connectivity index (χ1v) is 9.53. The van der Waals surface area contributed by atoms with E-state index in [-0.39, 0.29) is 11.8 Å². The van der Waals surface area contributed by atoms with Crippen LogP contribution in [0.1, 0.15) is 18.4 Å². The van der Waals surface area contributed by atoms with E-state index in [0.717, 1.165) is 48.3 Å². The van der Waals surface area contributed by atoms with E-state index in [4.69, 9.17) is 9.47 Å². The summed E-state index contributed by atoms with van der Waals surface area (Å²) in [5.41, 5.74) is 4.85. The monoisotopic (exact) mass is 376 g/mol. The van der Waals surface area contributed by atoms with Crippen molar-refractivity contribution in [3.8, 4) is 28.3 Å². The predicted octanol–water partition coefficient (Wildman–Crippen LogP) is 2.48. The van der Waals surface area contributed by atoms with Crippen LogP contribution in [-0.4, -0.2) is 38.8 Å². The molecule has 1 atom stereocenters. The smallest absolute Gasteiger partial charge is 0.351 e. The fourth-order valence-electron chi connectivity index (χ4n) is 3.86. The summed E-state index contributed by atoms with van der Waals surface area (Å²) in [5, 5.41) is 0. The molecule has 2 aromatic heterocycles. The van der Waals surface area contributed by atoms with Gasteiger partial charge in [-0.25, -0.2) is 14.8 Å². The minimum Gasteiger partial charge on any atom is -0.475 e. The zero-order valence-electron chi connectivity index (χ0n) is 15.4. The van der Waals surface area contributed by atoms with E-state index >= 15 is 0 Å². The van der Waals surface area contributed by atoms with Crippen molar-refractivity contribution in [1.82, 2.24) is 19.5 Å². The van der Waals surface area contributed by atoms with Crippen LogP contribution in [0.2, 0.25) is 0 Å². The average Bonchev–Trinajstić information content (AvgIpc) is 3.26. The second-order valence-electron chi connectivity index (χ2n) is 7.11. The predicted molar refractivity (Wildman–Crippen MR) is 103 cm³/mol. The van der Waals surface area contributed by atoms with Gasteiger partial charge < -0.3 is 9.47 Å². The molecule has 7 nitrogen and oxygen atoms in total. The summed E-state index contributed by atoms with van der Waals surface area (Å²) in [6, 6.07) is 8.09. The maximum absolute atomic E-state index is 12.5. The molecule has 2 aliphatic rings. The van der Waals surface area contributed by atoms with Crippen molar-refractivity contribution in [3.05, 3.63) is 59.0 Å². The Hall–Kier alpha value is -3.06. The first-order chi connectivity index (χ1) is 13.8. The Balaban J connectivity index is 1.48. The second kappa shape index (κ2) is 7.16. The number of aryl methyl sites for hydroxylation is 1. The molecule has 1 saturated heterocycles. The number of benzene rings is 1. The van der Waals surface area contributed by atoms with Gasteiger partial charge in [-0.05, 0) is 30.4 Å². The van der Waals surface area contributed by atoms with Gasteiger partial charge in [0.25, 0.3) is 0 Å². The molecular formula is C21H20N4O3. The Kier molecular flexibility index (Phi) is 4.37. The Morgan fingerprint density at radius 3 is 2.89 bits per heavy atom. The molecular weight excluding hydrogens is 356 g/mol. The van der Waals surface area contributed by atoms with Crippen LogP contribution in [-0.2, 0) is 17.7 Å². The highest BCUT2D eigenvalue weighted by atomic mass is 16.5. The van der Waals surface area contributed by atoms with E-state index in [0.29, 0.717) is 19.0 Å². The molecule has 5 rings (SSSR count). The van der Waals surface area contributed by atoms with E-state index in [2.05, 4.69) is 21.0 Å². The fourth-order valence-corrected chi connectivity index (χ4v) is 3.86. The van der Waals surface area contributed by atoms with Gasteiger partial charge in [0.15, 0.2) is 0 Å². The third kappa shape index (κ3) is 3.18. The Bertz CT molecular complexity index is 1060. The largest absolute Gasteiger partial charge is 0.475 e. The number of rotatable bonds is 4. The molecule has 4 heterocycles. The second-order valence-corrected chi connectivity index (χ2v) is 7.11. The van der Waals surface area contributed by atoms with E-state index in [1.165, 1.54) is 11.9 Å². The van der Waals surface area contributed by atoms with Crippen LogP contribution in [0.4, 0.5) is 0 Å². The average molecular weight is 376 g/mol. The van der Waals surface area contributed by atoms with Crippen molar-refractivity contribution >= 4 is 0 Å². The van der Waals surface area contributed by atoms with Crippen LogP contribution in [0.15, 0.2) is 47.8 Å². The number of nitrogens with zero attached hydrogens (tertiary/aromatic N) is 4. The first kappa shape index (κ1) is 17.1. The summed E-state index contributed by atoms with van der Waals surface area (Å²) < 4.78 is 13.1. The Labute approximate surface area is 162 Å². The lowest BCUT2D eigenvalue weighted by Crippen LogP contribution is -2.29. The van der Waals surface area contributed by atoms with Gasteiger partial charge in [-0.3, -0.25) is 4.57 Å². The molecule has 142 valence electrons. The molecule has 1 unspecified atom stereocenters. The van der Waals surface area contributed by atoms with Crippen molar-refractivity contribution in [1.29, 1.82) is 0 Å². The van der Waals surface area contributed by atoms with Gasteiger partial charge in [-0.2, -0.15) is 4.98 Å². The molecule has 0 bridgehead atoms. The van der Waals surface area contributed by atoms with Crippen LogP contribution in [0.5, 0.6) is 5.88 Å². The Morgan fingerprint density at radius 2 is 2.07 bits per heavy atom. The first-order valence-electron chi connectivity index (χ1n) is 9.53. The third-order valence-electron chi connectivity index (χ3n) is 5.31. The van der Waals surface area contributed by atoms with Crippen LogP contribution < -0.4 is 10.4 Å². The molecule has 28 heavy (non-hydrogen) atoms. The van der Waals surface area contributed by atoms with E-state index < -0.39 is 0 Å². The summed E-state index contributed by atoms with van der Waals surface area (Å²) in [6.45, 7) is 1.81. The van der Waals surface area contributed by atoms with Crippen LogP contribution in [0.25, 0.3) is 22.4 Å². The van der Waals surface area contributed by atoms with Crippen molar-refractivity contribution in [2.75, 3.05) is 13.2 Å². The normalized spacial score (nSPS) is 17.8. The van der Waals surface area contributed by atoms with Crippen molar-refractivity contribution < 1.29 is 9.47 Å². The van der Waals surface area contributed by atoms with Crippen LogP contribution >= 0.6 is 0 Å². The fraction of sp³-hybridized carbons (Fsp3) is 0.333. The van der Waals surface area contributed by atoms with Gasteiger partial charge in [-0.15, -0.1) is 0 Å². The minimum atomic E-state index is -0.272. The summed E-state index contributed by atoms with van der Waals surface area (Å²) in [5.74, 6) is 0.361. The van der Waals surface area contributed by atoms with Crippen LogP contribution in [0, 0.1) is 0 Å². The van der Waals surface area contributed by atoms with E-state index in [9.17, 15) is 4.79 Å². The zero-order valence-corrected chi connectivity index (χ0v) is 15.4. The molecule has 1 fully saturated rings. The highest BCUT2D eigenvalue weighted by molar-refractivity contribution is 5.72. The van der Waals surface area contributed by atoms with Gasteiger partial charge in [0.05, 0.1) is 11.8 Å². The molecule has 0 N–H and O–H groups in total. The number of hydrogen-bond acceptors (Lipinski definition) is 6. The van der Waals surface area contributed by atoms with Crippen molar-refractivity contribution in [2.24, 2.45) is 0 Å². The highest BCUT2D eigenvalue weighted by Crippen LogP contribution is 2.32. The maximum Gasteiger partial charge on any atom is 0.351 e. The minimum absolute atomic E-state index is 0.0866. The zero-order chi connectivity index (χ0) is 18.9.